The van der Waals surface area contributed by atoms with E-state index in [9.17, 15) is 0 Å². The molecule has 5 heteroatoms. The second-order valence-electron chi connectivity index (χ2n) is 5.25. The van der Waals surface area contributed by atoms with Crippen molar-refractivity contribution in [3.8, 4) is 11.5 Å². The molecule has 0 radical (unpaired) electrons. The summed E-state index contributed by atoms with van der Waals surface area (Å²) in [4.78, 5) is 4.83. The fraction of sp³-hybridized carbons (Fsp3) is 0.278. The van der Waals surface area contributed by atoms with Crippen LogP contribution < -0.4 is 14.8 Å². The van der Waals surface area contributed by atoms with Crippen LogP contribution >= 0.6 is 11.8 Å². The summed E-state index contributed by atoms with van der Waals surface area (Å²) in [5.74, 6) is 1.72. The summed E-state index contributed by atoms with van der Waals surface area (Å²) in [6.45, 7) is 0. The van der Waals surface area contributed by atoms with Gasteiger partial charge in [0.15, 0.2) is 5.17 Å². The Labute approximate surface area is 140 Å². The van der Waals surface area contributed by atoms with E-state index in [1.54, 1.807) is 26.0 Å². The van der Waals surface area contributed by atoms with Gasteiger partial charge in [-0.3, -0.25) is 4.99 Å². The molecule has 1 heterocycles. The van der Waals surface area contributed by atoms with Gasteiger partial charge in [0.1, 0.15) is 17.5 Å². The van der Waals surface area contributed by atoms with Gasteiger partial charge in [0.05, 0.1) is 20.3 Å². The molecule has 0 saturated carbocycles. The molecule has 1 aliphatic rings. The third kappa shape index (κ3) is 3.29. The van der Waals surface area contributed by atoms with E-state index in [-0.39, 0.29) is 12.1 Å². The second kappa shape index (κ2) is 6.96. The number of methoxy groups -OCH3 is 2. The van der Waals surface area contributed by atoms with Crippen LogP contribution in [0.2, 0.25) is 0 Å². The number of benzene rings is 2. The number of ether oxygens (including phenoxy) is 2. The van der Waals surface area contributed by atoms with Crippen LogP contribution in [0.3, 0.4) is 0 Å². The third-order valence-corrected chi connectivity index (χ3v) is 4.59. The summed E-state index contributed by atoms with van der Waals surface area (Å²) < 4.78 is 10.5. The number of amidine groups is 1. The van der Waals surface area contributed by atoms with Crippen LogP contribution in [0.5, 0.6) is 11.5 Å². The monoisotopic (exact) mass is 328 g/mol. The van der Waals surface area contributed by atoms with E-state index < -0.39 is 0 Å². The summed E-state index contributed by atoms with van der Waals surface area (Å²) in [6, 6.07) is 16.4. The van der Waals surface area contributed by atoms with Crippen molar-refractivity contribution < 1.29 is 9.47 Å². The van der Waals surface area contributed by atoms with E-state index >= 15 is 0 Å². The molecule has 0 saturated heterocycles. The fourth-order valence-corrected chi connectivity index (χ4v) is 3.17. The van der Waals surface area contributed by atoms with Gasteiger partial charge in [-0.1, -0.05) is 36.0 Å². The maximum atomic E-state index is 5.24. The molecule has 4 nitrogen and oxygen atoms in total. The molecule has 0 spiro atoms. The Hall–Kier alpha value is -2.14. The number of nitrogens with one attached hydrogen (secondary N) is 1. The molecule has 2 aromatic rings. The minimum Gasteiger partial charge on any atom is -0.497 e. The van der Waals surface area contributed by atoms with E-state index in [4.69, 9.17) is 14.5 Å². The molecule has 2 atom stereocenters. The van der Waals surface area contributed by atoms with E-state index in [0.29, 0.717) is 0 Å². The van der Waals surface area contributed by atoms with E-state index in [1.165, 1.54) is 11.1 Å². The van der Waals surface area contributed by atoms with Gasteiger partial charge in [-0.15, -0.1) is 0 Å². The predicted molar refractivity (Wildman–Crippen MR) is 95.6 cm³/mol. The molecule has 120 valence electrons. The van der Waals surface area contributed by atoms with Crippen LogP contribution in [0.1, 0.15) is 23.2 Å². The van der Waals surface area contributed by atoms with Crippen molar-refractivity contribution in [2.75, 3.05) is 20.5 Å². The summed E-state index contributed by atoms with van der Waals surface area (Å²) in [6.07, 6.45) is 2.04. The molecule has 1 N–H and O–H groups in total. The van der Waals surface area contributed by atoms with Gasteiger partial charge < -0.3 is 14.8 Å². The normalized spacial score (nSPS) is 19.9. The molecule has 0 amide bonds. The lowest BCUT2D eigenvalue weighted by Crippen LogP contribution is -2.22. The Kier molecular flexibility index (Phi) is 4.76. The maximum absolute atomic E-state index is 5.24. The topological polar surface area (TPSA) is 42.8 Å². The molecule has 2 aromatic carbocycles. The smallest absolute Gasteiger partial charge is 0.157 e. The van der Waals surface area contributed by atoms with Crippen LogP contribution in [0, 0.1) is 0 Å². The Morgan fingerprint density at radius 2 is 1.39 bits per heavy atom. The zero-order valence-electron chi connectivity index (χ0n) is 13.4. The molecular formula is C18H20N2O2S. The first-order valence-electron chi connectivity index (χ1n) is 7.41. The number of nitrogens with zero attached hydrogens (tertiary/aromatic N) is 1. The number of rotatable bonds is 4. The standard InChI is InChI=1S/C18H20N2O2S/c1-21-14-8-4-12(5-9-14)16-17(20-18(19-16)23-3)13-6-10-15(22-2)11-7-13/h4-11,16-17H,1-3H3,(H,19,20)/t16-,17-/m0/s1. The van der Waals surface area contributed by atoms with Crippen molar-refractivity contribution in [1.29, 1.82) is 0 Å². The van der Waals surface area contributed by atoms with E-state index in [1.807, 2.05) is 30.5 Å². The lowest BCUT2D eigenvalue weighted by Gasteiger charge is -2.20. The first-order chi connectivity index (χ1) is 11.2. The summed E-state index contributed by atoms with van der Waals surface area (Å²) in [5, 5.41) is 4.48. The quantitative estimate of drug-likeness (QED) is 0.927. The van der Waals surface area contributed by atoms with Crippen LogP contribution in [-0.4, -0.2) is 25.6 Å². The van der Waals surface area contributed by atoms with Gasteiger partial charge in [0.2, 0.25) is 0 Å². The highest BCUT2D eigenvalue weighted by atomic mass is 32.2. The van der Waals surface area contributed by atoms with Crippen LogP contribution in [0.15, 0.2) is 53.5 Å². The van der Waals surface area contributed by atoms with Crippen molar-refractivity contribution in [2.24, 2.45) is 4.99 Å². The van der Waals surface area contributed by atoms with Crippen LogP contribution in [0.4, 0.5) is 0 Å². The highest BCUT2D eigenvalue weighted by Crippen LogP contribution is 2.38. The van der Waals surface area contributed by atoms with E-state index in [2.05, 4.69) is 29.6 Å². The number of thioether (sulfide) groups is 1. The highest BCUT2D eigenvalue weighted by Gasteiger charge is 2.31. The van der Waals surface area contributed by atoms with Gasteiger partial charge in [-0.05, 0) is 41.6 Å². The zero-order valence-corrected chi connectivity index (χ0v) is 14.3. The average Bonchev–Trinajstić information content (AvgIpc) is 3.06. The molecule has 0 fully saturated rings. The van der Waals surface area contributed by atoms with Gasteiger partial charge in [0, 0.05) is 0 Å². The van der Waals surface area contributed by atoms with Crippen molar-refractivity contribution in [2.45, 2.75) is 12.1 Å². The number of hydrogen-bond donors (Lipinski definition) is 1. The summed E-state index contributed by atoms with van der Waals surface area (Å²) in [5.41, 5.74) is 2.36. The molecule has 0 unspecified atom stereocenters. The lowest BCUT2D eigenvalue weighted by molar-refractivity contribution is 0.414. The maximum Gasteiger partial charge on any atom is 0.157 e. The van der Waals surface area contributed by atoms with E-state index in [0.717, 1.165) is 16.7 Å². The molecule has 1 aliphatic heterocycles. The van der Waals surface area contributed by atoms with Crippen molar-refractivity contribution in [1.82, 2.24) is 5.32 Å². The number of aliphatic imine (C=N–C) groups is 1. The second-order valence-corrected chi connectivity index (χ2v) is 6.05. The largest absolute Gasteiger partial charge is 0.497 e. The Morgan fingerprint density at radius 3 is 1.87 bits per heavy atom. The fourth-order valence-electron chi connectivity index (χ4n) is 2.71. The van der Waals surface area contributed by atoms with Gasteiger partial charge >= 0.3 is 0 Å². The lowest BCUT2D eigenvalue weighted by atomic mass is 9.95. The summed E-state index contributed by atoms with van der Waals surface area (Å²) in [7, 11) is 3.36. The minimum atomic E-state index is 0.0525. The van der Waals surface area contributed by atoms with Crippen molar-refractivity contribution in [3.05, 3.63) is 59.7 Å². The van der Waals surface area contributed by atoms with Gasteiger partial charge in [0.25, 0.3) is 0 Å². The van der Waals surface area contributed by atoms with Crippen LogP contribution in [-0.2, 0) is 0 Å². The van der Waals surface area contributed by atoms with Gasteiger partial charge in [-0.2, -0.15) is 0 Å². The Balaban J connectivity index is 1.91. The molecule has 0 aliphatic carbocycles. The molecular weight excluding hydrogens is 308 g/mol. The first kappa shape index (κ1) is 15.7. The molecule has 0 bridgehead atoms. The van der Waals surface area contributed by atoms with Crippen molar-refractivity contribution in [3.63, 3.8) is 0 Å². The Bertz CT molecular complexity index is 683. The minimum absolute atomic E-state index is 0.0525. The third-order valence-electron chi connectivity index (χ3n) is 3.98. The molecule has 0 aromatic heterocycles. The first-order valence-corrected chi connectivity index (χ1v) is 8.64. The van der Waals surface area contributed by atoms with Crippen LogP contribution in [0.25, 0.3) is 0 Å². The average molecular weight is 328 g/mol. The Morgan fingerprint density at radius 1 is 0.870 bits per heavy atom. The summed E-state index contributed by atoms with van der Waals surface area (Å²) >= 11 is 1.63. The SMILES string of the molecule is COc1ccc([C@@H]2N=C(SC)N[C@H]2c2ccc(OC)cc2)cc1. The van der Waals surface area contributed by atoms with Gasteiger partial charge in [-0.25, -0.2) is 0 Å². The van der Waals surface area contributed by atoms with Crippen molar-refractivity contribution >= 4 is 16.9 Å². The zero-order chi connectivity index (χ0) is 16.2. The molecule has 23 heavy (non-hydrogen) atoms. The number of hydrogen-bond acceptors (Lipinski definition) is 5. The molecule has 3 rings (SSSR count). The predicted octanol–water partition coefficient (Wildman–Crippen LogP) is 3.81. The highest BCUT2D eigenvalue weighted by molar-refractivity contribution is 8.13.